The normalized spacial score (nSPS) is 13.8. The van der Waals surface area contributed by atoms with Gasteiger partial charge in [-0.05, 0) is 47.4 Å². The lowest BCUT2D eigenvalue weighted by molar-refractivity contribution is 0.0782. The van der Waals surface area contributed by atoms with Crippen molar-refractivity contribution in [2.45, 2.75) is 13.0 Å². The smallest absolute Gasteiger partial charge is 0.257 e. The molecule has 0 spiro atoms. The monoisotopic (exact) mass is 416 g/mol. The van der Waals surface area contributed by atoms with E-state index in [4.69, 9.17) is 4.74 Å². The minimum Gasteiger partial charge on any atom is -0.507 e. The minimum atomic E-state index is -0.190. The quantitative estimate of drug-likeness (QED) is 0.658. The van der Waals surface area contributed by atoms with Crippen molar-refractivity contribution in [3.63, 3.8) is 0 Å². The van der Waals surface area contributed by atoms with Gasteiger partial charge in [0, 0.05) is 32.4 Å². The summed E-state index contributed by atoms with van der Waals surface area (Å²) in [5.74, 6) is -0.180. The SMILES string of the molecule is CN(Cc1ccc(N2CCOCC2)cc1)C(=O)c1cc(Cc2ccccc2)ccc1O. The molecule has 1 saturated heterocycles. The van der Waals surface area contributed by atoms with Crippen LogP contribution < -0.4 is 4.90 Å². The lowest BCUT2D eigenvalue weighted by atomic mass is 10.0. The van der Waals surface area contributed by atoms with Gasteiger partial charge in [0.25, 0.3) is 5.91 Å². The van der Waals surface area contributed by atoms with E-state index in [0.29, 0.717) is 18.5 Å². The largest absolute Gasteiger partial charge is 0.507 e. The third-order valence-corrected chi connectivity index (χ3v) is 5.62. The molecule has 1 fully saturated rings. The number of hydrogen-bond donors (Lipinski definition) is 1. The van der Waals surface area contributed by atoms with E-state index in [1.165, 1.54) is 11.3 Å². The van der Waals surface area contributed by atoms with E-state index in [9.17, 15) is 9.90 Å². The number of hydrogen-bond acceptors (Lipinski definition) is 4. The lowest BCUT2D eigenvalue weighted by Gasteiger charge is -2.29. The maximum atomic E-state index is 13.0. The summed E-state index contributed by atoms with van der Waals surface area (Å²) in [7, 11) is 1.77. The molecule has 5 nitrogen and oxygen atoms in total. The van der Waals surface area contributed by atoms with Crippen molar-refractivity contribution >= 4 is 11.6 Å². The average Bonchev–Trinajstić information content (AvgIpc) is 2.81. The zero-order valence-corrected chi connectivity index (χ0v) is 17.8. The second-order valence-electron chi connectivity index (χ2n) is 7.94. The number of carbonyl (C=O) groups is 1. The molecule has 31 heavy (non-hydrogen) atoms. The highest BCUT2D eigenvalue weighted by atomic mass is 16.5. The van der Waals surface area contributed by atoms with Crippen molar-refractivity contribution in [2.75, 3.05) is 38.3 Å². The van der Waals surface area contributed by atoms with Crippen LogP contribution in [0.2, 0.25) is 0 Å². The molecule has 1 heterocycles. The fourth-order valence-corrected chi connectivity index (χ4v) is 3.88. The molecule has 0 aromatic heterocycles. The number of phenolic OH excluding ortho intramolecular Hbond substituents is 1. The first kappa shape index (κ1) is 20.9. The summed E-state index contributed by atoms with van der Waals surface area (Å²) in [6, 6.07) is 23.7. The Bertz CT molecular complexity index is 1010. The fraction of sp³-hybridized carbons (Fsp3) is 0.269. The van der Waals surface area contributed by atoms with Crippen LogP contribution in [0.5, 0.6) is 5.75 Å². The van der Waals surface area contributed by atoms with Gasteiger partial charge in [-0.2, -0.15) is 0 Å². The van der Waals surface area contributed by atoms with Gasteiger partial charge in [-0.15, -0.1) is 0 Å². The number of ether oxygens (including phenoxy) is 1. The van der Waals surface area contributed by atoms with Gasteiger partial charge in [-0.1, -0.05) is 48.5 Å². The van der Waals surface area contributed by atoms with E-state index >= 15 is 0 Å². The molecule has 0 saturated carbocycles. The predicted molar refractivity (Wildman–Crippen MR) is 123 cm³/mol. The van der Waals surface area contributed by atoms with Crippen LogP contribution in [-0.4, -0.2) is 49.3 Å². The summed E-state index contributed by atoms with van der Waals surface area (Å²) < 4.78 is 5.41. The van der Waals surface area contributed by atoms with Crippen LogP contribution in [0.1, 0.15) is 27.0 Å². The molecule has 1 N–H and O–H groups in total. The number of aromatic hydroxyl groups is 1. The van der Waals surface area contributed by atoms with Crippen molar-refractivity contribution in [3.05, 3.63) is 95.1 Å². The Kier molecular flexibility index (Phi) is 6.53. The molecule has 0 bridgehead atoms. The van der Waals surface area contributed by atoms with Crippen molar-refractivity contribution in [1.29, 1.82) is 0 Å². The summed E-state index contributed by atoms with van der Waals surface area (Å²) in [6.45, 7) is 3.79. The highest BCUT2D eigenvalue weighted by molar-refractivity contribution is 5.96. The van der Waals surface area contributed by atoms with Crippen LogP contribution in [0.3, 0.4) is 0 Å². The first-order valence-electron chi connectivity index (χ1n) is 10.6. The zero-order chi connectivity index (χ0) is 21.6. The minimum absolute atomic E-state index is 0.0105. The summed E-state index contributed by atoms with van der Waals surface area (Å²) in [6.07, 6.45) is 0.716. The summed E-state index contributed by atoms with van der Waals surface area (Å²) in [5, 5.41) is 10.3. The number of anilines is 1. The van der Waals surface area contributed by atoms with Crippen LogP contribution in [0, 0.1) is 0 Å². The van der Waals surface area contributed by atoms with Gasteiger partial charge in [0.2, 0.25) is 0 Å². The Morgan fingerprint density at radius 2 is 1.61 bits per heavy atom. The maximum Gasteiger partial charge on any atom is 0.257 e. The molecule has 3 aromatic rings. The van der Waals surface area contributed by atoms with E-state index in [0.717, 1.165) is 37.4 Å². The van der Waals surface area contributed by atoms with Gasteiger partial charge in [-0.3, -0.25) is 4.79 Å². The number of nitrogens with zero attached hydrogens (tertiary/aromatic N) is 2. The maximum absolute atomic E-state index is 13.0. The number of amides is 1. The third-order valence-electron chi connectivity index (χ3n) is 5.62. The Hall–Kier alpha value is -3.31. The molecule has 0 radical (unpaired) electrons. The Labute approximate surface area is 183 Å². The fourth-order valence-electron chi connectivity index (χ4n) is 3.88. The molecule has 0 atom stereocenters. The number of rotatable bonds is 6. The standard InChI is InChI=1S/C26H28N2O3/c1-27(19-21-7-10-23(11-8-21)28-13-15-31-16-14-28)26(30)24-18-22(9-12-25(24)29)17-20-5-3-2-4-6-20/h2-12,18,29H,13-17,19H2,1H3. The topological polar surface area (TPSA) is 53.0 Å². The Balaban J connectivity index is 1.43. The van der Waals surface area contributed by atoms with E-state index in [1.807, 2.05) is 24.3 Å². The molecule has 1 aliphatic rings. The summed E-state index contributed by atoms with van der Waals surface area (Å²) >= 11 is 0. The summed E-state index contributed by atoms with van der Waals surface area (Å²) in [5.41, 5.74) is 4.72. The van der Waals surface area contributed by atoms with Gasteiger partial charge >= 0.3 is 0 Å². The molecule has 1 aliphatic heterocycles. The molecule has 160 valence electrons. The molecule has 5 heteroatoms. The number of phenols is 1. The number of benzene rings is 3. The second-order valence-corrected chi connectivity index (χ2v) is 7.94. The second kappa shape index (κ2) is 9.67. The number of morpholine rings is 1. The van der Waals surface area contributed by atoms with Gasteiger partial charge in [-0.25, -0.2) is 0 Å². The summed E-state index contributed by atoms with van der Waals surface area (Å²) in [4.78, 5) is 17.0. The highest BCUT2D eigenvalue weighted by Gasteiger charge is 2.17. The van der Waals surface area contributed by atoms with Gasteiger partial charge in [0.1, 0.15) is 5.75 Å². The van der Waals surface area contributed by atoms with Crippen molar-refractivity contribution < 1.29 is 14.6 Å². The zero-order valence-electron chi connectivity index (χ0n) is 17.8. The van der Waals surface area contributed by atoms with Crippen molar-refractivity contribution in [2.24, 2.45) is 0 Å². The first-order valence-corrected chi connectivity index (χ1v) is 10.6. The van der Waals surface area contributed by atoms with E-state index in [2.05, 4.69) is 41.3 Å². The molecule has 0 unspecified atom stereocenters. The number of carbonyl (C=O) groups excluding carboxylic acids is 1. The van der Waals surface area contributed by atoms with Gasteiger partial charge in [0.15, 0.2) is 0 Å². The molecule has 0 aliphatic carbocycles. The van der Waals surface area contributed by atoms with E-state index in [1.54, 1.807) is 24.1 Å². The molecule has 1 amide bonds. The highest BCUT2D eigenvalue weighted by Crippen LogP contribution is 2.23. The lowest BCUT2D eigenvalue weighted by Crippen LogP contribution is -2.36. The predicted octanol–water partition coefficient (Wildman–Crippen LogP) is 4.09. The third kappa shape index (κ3) is 5.25. The molecular formula is C26H28N2O3. The molecular weight excluding hydrogens is 388 g/mol. The van der Waals surface area contributed by atoms with Crippen LogP contribution in [0.25, 0.3) is 0 Å². The van der Waals surface area contributed by atoms with Crippen LogP contribution in [0.4, 0.5) is 5.69 Å². The van der Waals surface area contributed by atoms with Crippen molar-refractivity contribution in [3.8, 4) is 5.75 Å². The molecule has 4 rings (SSSR count). The van der Waals surface area contributed by atoms with Crippen LogP contribution in [0.15, 0.2) is 72.8 Å². The van der Waals surface area contributed by atoms with E-state index < -0.39 is 0 Å². The van der Waals surface area contributed by atoms with Gasteiger partial charge < -0.3 is 19.6 Å². The van der Waals surface area contributed by atoms with Crippen molar-refractivity contribution in [1.82, 2.24) is 4.90 Å². The van der Waals surface area contributed by atoms with Crippen LogP contribution >= 0.6 is 0 Å². The van der Waals surface area contributed by atoms with Gasteiger partial charge in [0.05, 0.1) is 18.8 Å². The van der Waals surface area contributed by atoms with Crippen LogP contribution in [-0.2, 0) is 17.7 Å². The Morgan fingerprint density at radius 1 is 0.935 bits per heavy atom. The van der Waals surface area contributed by atoms with E-state index in [-0.39, 0.29) is 11.7 Å². The first-order chi connectivity index (χ1) is 15.1. The average molecular weight is 417 g/mol. The molecule has 3 aromatic carbocycles. The Morgan fingerprint density at radius 3 is 2.32 bits per heavy atom.